The molecule has 1 aromatic carbocycles. The molecular weight excluding hydrogens is 360 g/mol. The molecule has 3 rings (SSSR count). The van der Waals surface area contributed by atoms with Crippen molar-refractivity contribution in [3.63, 3.8) is 0 Å². The van der Waals surface area contributed by atoms with Crippen LogP contribution in [0.5, 0.6) is 0 Å². The SMILES string of the molecule is Cl.O=C(NCCOCC(O)c1ccc2sccc2c1)c1ccccn1. The Balaban J connectivity index is 0.00000225. The molecule has 0 saturated heterocycles. The van der Waals surface area contributed by atoms with Gasteiger partial charge in [0, 0.05) is 17.4 Å². The van der Waals surface area contributed by atoms with Crippen LogP contribution >= 0.6 is 23.7 Å². The van der Waals surface area contributed by atoms with Crippen molar-refractivity contribution in [3.05, 3.63) is 65.3 Å². The number of pyridine rings is 1. The topological polar surface area (TPSA) is 71.5 Å². The number of carbonyl (C=O) groups is 1. The van der Waals surface area contributed by atoms with E-state index in [2.05, 4.69) is 10.3 Å². The summed E-state index contributed by atoms with van der Waals surface area (Å²) >= 11 is 1.67. The average molecular weight is 379 g/mol. The van der Waals surface area contributed by atoms with E-state index < -0.39 is 6.10 Å². The van der Waals surface area contributed by atoms with Gasteiger partial charge in [0.15, 0.2) is 0 Å². The van der Waals surface area contributed by atoms with Gasteiger partial charge >= 0.3 is 0 Å². The third-order valence-corrected chi connectivity index (χ3v) is 4.46. The second-order valence-corrected chi connectivity index (χ2v) is 6.23. The summed E-state index contributed by atoms with van der Waals surface area (Å²) in [6.45, 7) is 0.886. The zero-order chi connectivity index (χ0) is 16.8. The van der Waals surface area contributed by atoms with Gasteiger partial charge in [-0.1, -0.05) is 12.1 Å². The lowest BCUT2D eigenvalue weighted by atomic mass is 10.1. The molecule has 5 nitrogen and oxygen atoms in total. The minimum Gasteiger partial charge on any atom is -0.386 e. The first-order valence-corrected chi connectivity index (χ1v) is 8.54. The van der Waals surface area contributed by atoms with Crippen molar-refractivity contribution >= 4 is 39.7 Å². The van der Waals surface area contributed by atoms with E-state index in [1.807, 2.05) is 29.6 Å². The number of benzene rings is 1. The Labute approximate surface area is 156 Å². The lowest BCUT2D eigenvalue weighted by Gasteiger charge is -2.12. The Morgan fingerprint density at radius 3 is 2.96 bits per heavy atom. The summed E-state index contributed by atoms with van der Waals surface area (Å²) in [5.74, 6) is -0.234. The fourth-order valence-electron chi connectivity index (χ4n) is 2.31. The second kappa shape index (κ2) is 9.48. The average Bonchev–Trinajstić information content (AvgIpc) is 3.09. The number of aromatic nitrogens is 1. The maximum Gasteiger partial charge on any atom is 0.269 e. The molecule has 0 radical (unpaired) electrons. The van der Waals surface area contributed by atoms with Crippen molar-refractivity contribution in [1.29, 1.82) is 0 Å². The number of nitrogens with zero attached hydrogens (tertiary/aromatic N) is 1. The van der Waals surface area contributed by atoms with Crippen molar-refractivity contribution in [2.24, 2.45) is 0 Å². The molecule has 2 aromatic heterocycles. The molecule has 1 atom stereocenters. The maximum absolute atomic E-state index is 11.8. The molecule has 2 N–H and O–H groups in total. The van der Waals surface area contributed by atoms with Crippen LogP contribution in [0.25, 0.3) is 10.1 Å². The molecule has 25 heavy (non-hydrogen) atoms. The monoisotopic (exact) mass is 378 g/mol. The second-order valence-electron chi connectivity index (χ2n) is 5.28. The van der Waals surface area contributed by atoms with Crippen LogP contribution in [0, 0.1) is 0 Å². The zero-order valence-corrected chi connectivity index (χ0v) is 15.1. The number of fused-ring (bicyclic) bond motifs is 1. The van der Waals surface area contributed by atoms with Crippen LogP contribution in [0.1, 0.15) is 22.2 Å². The van der Waals surface area contributed by atoms with E-state index in [0.29, 0.717) is 18.8 Å². The molecule has 2 heterocycles. The lowest BCUT2D eigenvalue weighted by molar-refractivity contribution is 0.0371. The third-order valence-electron chi connectivity index (χ3n) is 3.57. The van der Waals surface area contributed by atoms with Gasteiger partial charge in [-0.15, -0.1) is 23.7 Å². The first kappa shape index (κ1) is 19.3. The van der Waals surface area contributed by atoms with E-state index in [4.69, 9.17) is 4.74 Å². The van der Waals surface area contributed by atoms with Crippen LogP contribution in [0.2, 0.25) is 0 Å². The number of halogens is 1. The highest BCUT2D eigenvalue weighted by Gasteiger charge is 2.09. The number of aliphatic hydroxyl groups is 1. The molecule has 0 saturated carbocycles. The molecule has 1 unspecified atom stereocenters. The molecule has 0 aliphatic carbocycles. The van der Waals surface area contributed by atoms with Crippen LogP contribution in [0.15, 0.2) is 54.0 Å². The van der Waals surface area contributed by atoms with Gasteiger partial charge in [-0.05, 0) is 46.7 Å². The highest BCUT2D eigenvalue weighted by molar-refractivity contribution is 7.17. The molecule has 0 aliphatic heterocycles. The molecule has 0 aliphatic rings. The Morgan fingerprint density at radius 1 is 1.28 bits per heavy atom. The van der Waals surface area contributed by atoms with E-state index in [1.54, 1.807) is 35.7 Å². The van der Waals surface area contributed by atoms with E-state index in [1.165, 1.54) is 4.70 Å². The highest BCUT2D eigenvalue weighted by Crippen LogP contribution is 2.24. The number of aliphatic hydroxyl groups excluding tert-OH is 1. The van der Waals surface area contributed by atoms with Crippen molar-refractivity contribution in [2.75, 3.05) is 19.8 Å². The van der Waals surface area contributed by atoms with Gasteiger partial charge < -0.3 is 15.2 Å². The number of carbonyl (C=O) groups excluding carboxylic acids is 1. The van der Waals surface area contributed by atoms with Crippen molar-refractivity contribution in [2.45, 2.75) is 6.10 Å². The molecule has 0 fully saturated rings. The van der Waals surface area contributed by atoms with Gasteiger partial charge in [0.2, 0.25) is 0 Å². The Hall–Kier alpha value is -1.99. The molecule has 0 spiro atoms. The minimum atomic E-state index is -0.680. The third kappa shape index (κ3) is 5.24. The predicted octanol–water partition coefficient (Wildman–Crippen LogP) is 3.20. The molecule has 132 valence electrons. The molecule has 7 heteroatoms. The fourth-order valence-corrected chi connectivity index (χ4v) is 3.08. The summed E-state index contributed by atoms with van der Waals surface area (Å²) in [4.78, 5) is 15.8. The molecule has 3 aromatic rings. The highest BCUT2D eigenvalue weighted by atomic mass is 35.5. The van der Waals surface area contributed by atoms with Crippen LogP contribution < -0.4 is 5.32 Å². The number of thiophene rings is 1. The van der Waals surface area contributed by atoms with E-state index in [-0.39, 0.29) is 24.9 Å². The number of amides is 1. The molecule has 0 bridgehead atoms. The van der Waals surface area contributed by atoms with Gasteiger partial charge in [0.05, 0.1) is 13.2 Å². The number of hydrogen-bond acceptors (Lipinski definition) is 5. The minimum absolute atomic E-state index is 0. The van der Waals surface area contributed by atoms with Crippen LogP contribution in [-0.2, 0) is 4.74 Å². The number of ether oxygens (including phenoxy) is 1. The largest absolute Gasteiger partial charge is 0.386 e. The fraction of sp³-hybridized carbons (Fsp3) is 0.222. The standard InChI is InChI=1S/C18H18N2O3S.ClH/c21-16(13-4-5-17-14(11-13)6-10-24-17)12-23-9-8-20-18(22)15-3-1-2-7-19-15;/h1-7,10-11,16,21H,8-9,12H2,(H,20,22);1H. The molecular formula is C18H19ClN2O3S. The Kier molecular flexibility index (Phi) is 7.33. The van der Waals surface area contributed by atoms with Crippen molar-refractivity contribution < 1.29 is 14.6 Å². The van der Waals surface area contributed by atoms with Crippen LogP contribution in [-0.4, -0.2) is 35.8 Å². The predicted molar refractivity (Wildman–Crippen MR) is 101 cm³/mol. The van der Waals surface area contributed by atoms with Gasteiger partial charge in [0.1, 0.15) is 11.8 Å². The van der Waals surface area contributed by atoms with Crippen LogP contribution in [0.3, 0.4) is 0 Å². The van der Waals surface area contributed by atoms with Gasteiger partial charge in [-0.3, -0.25) is 9.78 Å². The summed E-state index contributed by atoms with van der Waals surface area (Å²) < 4.78 is 6.65. The van der Waals surface area contributed by atoms with Crippen molar-refractivity contribution in [3.8, 4) is 0 Å². The van der Waals surface area contributed by atoms with Gasteiger partial charge in [-0.25, -0.2) is 0 Å². The van der Waals surface area contributed by atoms with E-state index >= 15 is 0 Å². The molecule has 1 amide bonds. The smallest absolute Gasteiger partial charge is 0.269 e. The lowest BCUT2D eigenvalue weighted by Crippen LogP contribution is -2.28. The van der Waals surface area contributed by atoms with E-state index in [0.717, 1.165) is 10.9 Å². The quantitative estimate of drug-likeness (QED) is 0.619. The number of hydrogen-bond donors (Lipinski definition) is 2. The maximum atomic E-state index is 11.8. The number of rotatable bonds is 7. The summed E-state index contributed by atoms with van der Waals surface area (Å²) in [6, 6.07) is 13.1. The van der Waals surface area contributed by atoms with Gasteiger partial charge in [-0.2, -0.15) is 0 Å². The summed E-state index contributed by atoms with van der Waals surface area (Å²) in [7, 11) is 0. The normalized spacial score (nSPS) is 11.7. The zero-order valence-electron chi connectivity index (χ0n) is 13.4. The summed E-state index contributed by atoms with van der Waals surface area (Å²) in [5.41, 5.74) is 1.21. The Morgan fingerprint density at radius 2 is 2.16 bits per heavy atom. The van der Waals surface area contributed by atoms with Crippen LogP contribution in [0.4, 0.5) is 0 Å². The first-order valence-electron chi connectivity index (χ1n) is 7.66. The Bertz CT molecular complexity index is 810. The summed E-state index contributed by atoms with van der Waals surface area (Å²) in [6.07, 6.45) is 0.896. The van der Waals surface area contributed by atoms with Crippen molar-refractivity contribution in [1.82, 2.24) is 10.3 Å². The van der Waals surface area contributed by atoms with E-state index in [9.17, 15) is 9.90 Å². The van der Waals surface area contributed by atoms with Gasteiger partial charge in [0.25, 0.3) is 5.91 Å². The number of nitrogens with one attached hydrogen (secondary N) is 1. The first-order chi connectivity index (χ1) is 11.7. The summed E-state index contributed by atoms with van der Waals surface area (Å²) in [5, 5.41) is 16.1.